The molecule has 0 spiro atoms. The molecule has 0 saturated heterocycles. The molecule has 0 aliphatic heterocycles. The van der Waals surface area contributed by atoms with Crippen LogP contribution in [0.4, 0.5) is 5.69 Å². The number of carbonyl (C=O) groups is 1. The predicted molar refractivity (Wildman–Crippen MR) is 100 cm³/mol. The van der Waals surface area contributed by atoms with Crippen molar-refractivity contribution in [3.8, 4) is 0 Å². The molecule has 0 unspecified atom stereocenters. The summed E-state index contributed by atoms with van der Waals surface area (Å²) in [5, 5.41) is 3.03. The molecule has 1 N–H and O–H groups in total. The van der Waals surface area contributed by atoms with Crippen molar-refractivity contribution in [1.29, 1.82) is 0 Å². The molecule has 0 heterocycles. The fourth-order valence-electron chi connectivity index (χ4n) is 2.63. The maximum absolute atomic E-state index is 12.7. The van der Waals surface area contributed by atoms with Crippen molar-refractivity contribution in [2.24, 2.45) is 0 Å². The fraction of sp³-hybridized carbons (Fsp3) is 0.350. The van der Waals surface area contributed by atoms with Gasteiger partial charge in [0.25, 0.3) is 0 Å². The Hall–Kier alpha value is -2.17. The summed E-state index contributed by atoms with van der Waals surface area (Å²) in [5.74, 6) is 0.0178. The zero-order chi connectivity index (χ0) is 17.5. The van der Waals surface area contributed by atoms with Crippen LogP contribution in [0.5, 0.6) is 0 Å². The number of nitrogens with one attached hydrogen (secondary N) is 1. The van der Waals surface area contributed by atoms with E-state index in [1.165, 1.54) is 5.56 Å². The summed E-state index contributed by atoms with van der Waals surface area (Å²) < 4.78 is 0. The van der Waals surface area contributed by atoms with Crippen molar-refractivity contribution in [3.05, 3.63) is 65.7 Å². The molecule has 0 bridgehead atoms. The molecule has 1 amide bonds. The molecule has 0 saturated carbocycles. The third-order valence-electron chi connectivity index (χ3n) is 3.92. The van der Waals surface area contributed by atoms with Crippen LogP contribution in [0.1, 0.15) is 11.1 Å². The largest absolute Gasteiger partial charge is 0.325 e. The Morgan fingerprint density at radius 3 is 2.08 bits per heavy atom. The van der Waals surface area contributed by atoms with Crippen molar-refractivity contribution < 1.29 is 4.79 Å². The van der Waals surface area contributed by atoms with Crippen LogP contribution in [0.2, 0.25) is 0 Å². The Morgan fingerprint density at radius 2 is 1.54 bits per heavy atom. The lowest BCUT2D eigenvalue weighted by atomic mass is 10.0. The second-order valence-electron chi connectivity index (χ2n) is 6.59. The van der Waals surface area contributed by atoms with Gasteiger partial charge >= 0.3 is 0 Å². The molecule has 0 fully saturated rings. The Bertz CT molecular complexity index is 636. The minimum absolute atomic E-state index is 0.0178. The predicted octanol–water partition coefficient (Wildman–Crippen LogP) is 2.86. The first-order chi connectivity index (χ1) is 11.5. The lowest BCUT2D eigenvalue weighted by Crippen LogP contribution is -2.41. The monoisotopic (exact) mass is 325 g/mol. The maximum atomic E-state index is 12.7. The van der Waals surface area contributed by atoms with Crippen LogP contribution in [-0.2, 0) is 17.8 Å². The summed E-state index contributed by atoms with van der Waals surface area (Å²) in [4.78, 5) is 16.7. The molecule has 4 nitrogen and oxygen atoms in total. The van der Waals surface area contributed by atoms with Gasteiger partial charge in [0.2, 0.25) is 5.91 Å². The van der Waals surface area contributed by atoms with Gasteiger partial charge in [0.1, 0.15) is 0 Å². The zero-order valence-corrected chi connectivity index (χ0v) is 15.0. The van der Waals surface area contributed by atoms with Gasteiger partial charge in [0.15, 0.2) is 0 Å². The van der Waals surface area contributed by atoms with Crippen LogP contribution < -0.4 is 5.32 Å². The number of rotatable bonds is 7. The van der Waals surface area contributed by atoms with Crippen LogP contribution in [0, 0.1) is 0 Å². The third-order valence-corrected chi connectivity index (χ3v) is 3.92. The van der Waals surface area contributed by atoms with Crippen LogP contribution in [-0.4, -0.2) is 49.9 Å². The quantitative estimate of drug-likeness (QED) is 0.850. The van der Waals surface area contributed by atoms with Gasteiger partial charge in [0.05, 0.1) is 6.04 Å². The highest BCUT2D eigenvalue weighted by atomic mass is 16.2. The molecule has 2 aromatic rings. The van der Waals surface area contributed by atoms with E-state index < -0.39 is 0 Å². The molecular formula is C20H27N3O. The van der Waals surface area contributed by atoms with Gasteiger partial charge < -0.3 is 10.2 Å². The van der Waals surface area contributed by atoms with Gasteiger partial charge in [0, 0.05) is 12.2 Å². The van der Waals surface area contributed by atoms with Crippen molar-refractivity contribution in [2.45, 2.75) is 19.0 Å². The van der Waals surface area contributed by atoms with E-state index in [4.69, 9.17) is 0 Å². The number of benzene rings is 2. The van der Waals surface area contributed by atoms with Crippen molar-refractivity contribution in [1.82, 2.24) is 9.80 Å². The number of amides is 1. The van der Waals surface area contributed by atoms with E-state index in [0.717, 1.165) is 17.8 Å². The molecule has 24 heavy (non-hydrogen) atoms. The number of anilines is 1. The average molecular weight is 325 g/mol. The van der Waals surface area contributed by atoms with E-state index in [-0.39, 0.29) is 11.9 Å². The summed E-state index contributed by atoms with van der Waals surface area (Å²) in [6, 6.07) is 17.9. The highest BCUT2D eigenvalue weighted by molar-refractivity contribution is 5.95. The minimum atomic E-state index is -0.200. The molecule has 2 aromatic carbocycles. The van der Waals surface area contributed by atoms with E-state index in [9.17, 15) is 4.79 Å². The van der Waals surface area contributed by atoms with Gasteiger partial charge in [-0.2, -0.15) is 0 Å². The molecular weight excluding hydrogens is 298 g/mol. The topological polar surface area (TPSA) is 35.6 Å². The Kier molecular flexibility index (Phi) is 6.53. The van der Waals surface area contributed by atoms with Crippen LogP contribution in [0.3, 0.4) is 0 Å². The molecule has 4 heteroatoms. The van der Waals surface area contributed by atoms with E-state index in [1.807, 2.05) is 63.4 Å². The maximum Gasteiger partial charge on any atom is 0.242 e. The second-order valence-corrected chi connectivity index (χ2v) is 6.59. The molecule has 128 valence electrons. The number of hydrogen-bond donors (Lipinski definition) is 1. The van der Waals surface area contributed by atoms with Gasteiger partial charge in [-0.05, 0) is 57.9 Å². The Labute approximate surface area is 145 Å². The molecule has 0 aromatic heterocycles. The summed E-state index contributed by atoms with van der Waals surface area (Å²) >= 11 is 0. The second kappa shape index (κ2) is 8.62. The summed E-state index contributed by atoms with van der Waals surface area (Å²) in [6.07, 6.45) is 0.693. The Morgan fingerprint density at radius 1 is 0.917 bits per heavy atom. The van der Waals surface area contributed by atoms with E-state index >= 15 is 0 Å². The van der Waals surface area contributed by atoms with E-state index in [0.29, 0.717) is 6.42 Å². The smallest absolute Gasteiger partial charge is 0.242 e. The molecule has 0 aliphatic carbocycles. The number of carbonyl (C=O) groups excluding carboxylic acids is 1. The first kappa shape index (κ1) is 18.2. The Balaban J connectivity index is 2.02. The highest BCUT2D eigenvalue weighted by Gasteiger charge is 2.21. The van der Waals surface area contributed by atoms with Crippen LogP contribution in [0.15, 0.2) is 54.6 Å². The molecule has 0 aliphatic rings. The fourth-order valence-corrected chi connectivity index (χ4v) is 2.63. The van der Waals surface area contributed by atoms with Gasteiger partial charge in [-0.15, -0.1) is 0 Å². The van der Waals surface area contributed by atoms with Crippen LogP contribution in [0.25, 0.3) is 0 Å². The van der Waals surface area contributed by atoms with Crippen molar-refractivity contribution >= 4 is 11.6 Å². The molecule has 1 atom stereocenters. The molecule has 0 radical (unpaired) electrons. The van der Waals surface area contributed by atoms with Crippen molar-refractivity contribution in [2.75, 3.05) is 33.5 Å². The minimum Gasteiger partial charge on any atom is -0.325 e. The van der Waals surface area contributed by atoms with E-state index in [1.54, 1.807) is 0 Å². The highest BCUT2D eigenvalue weighted by Crippen LogP contribution is 2.13. The summed E-state index contributed by atoms with van der Waals surface area (Å²) in [5.41, 5.74) is 3.22. The first-order valence-electron chi connectivity index (χ1n) is 8.20. The zero-order valence-electron chi connectivity index (χ0n) is 15.0. The normalized spacial score (nSPS) is 12.4. The van der Waals surface area contributed by atoms with Gasteiger partial charge in [-0.3, -0.25) is 9.69 Å². The third kappa shape index (κ3) is 5.48. The summed E-state index contributed by atoms with van der Waals surface area (Å²) in [6.45, 7) is 0.891. The first-order valence-corrected chi connectivity index (χ1v) is 8.20. The number of likely N-dealkylation sites (N-methyl/N-ethyl adjacent to an activating group) is 1. The number of nitrogens with zero attached hydrogens (tertiary/aromatic N) is 2. The van der Waals surface area contributed by atoms with E-state index in [2.05, 4.69) is 34.5 Å². The number of hydrogen-bond acceptors (Lipinski definition) is 3. The van der Waals surface area contributed by atoms with Gasteiger partial charge in [-0.25, -0.2) is 0 Å². The SMILES string of the molecule is CN(C)Cc1ccc(NC(=O)[C@@H](Cc2ccccc2)N(C)C)cc1. The average Bonchev–Trinajstić information content (AvgIpc) is 2.54. The van der Waals surface area contributed by atoms with Gasteiger partial charge in [-0.1, -0.05) is 42.5 Å². The summed E-state index contributed by atoms with van der Waals surface area (Å²) in [7, 11) is 7.96. The lowest BCUT2D eigenvalue weighted by Gasteiger charge is -2.23. The standard InChI is InChI=1S/C20H27N3O/c1-22(2)15-17-10-12-18(13-11-17)21-20(24)19(23(3)4)14-16-8-6-5-7-9-16/h5-13,19H,14-15H2,1-4H3,(H,21,24)/t19-/m1/s1. The van der Waals surface area contributed by atoms with Crippen LogP contribution >= 0.6 is 0 Å². The van der Waals surface area contributed by atoms with Crippen molar-refractivity contribution in [3.63, 3.8) is 0 Å². The molecule has 2 rings (SSSR count). The lowest BCUT2D eigenvalue weighted by molar-refractivity contribution is -0.120.